The zero-order valence-electron chi connectivity index (χ0n) is 10.8. The van der Waals surface area contributed by atoms with E-state index in [0.29, 0.717) is 0 Å². The number of nitrogens with zero attached hydrogens (tertiary/aromatic N) is 3. The predicted octanol–water partition coefficient (Wildman–Crippen LogP) is 2.59. The lowest BCUT2D eigenvalue weighted by Crippen LogP contribution is -2.35. The van der Waals surface area contributed by atoms with Crippen molar-refractivity contribution in [3.05, 3.63) is 58.0 Å². The molecule has 0 saturated heterocycles. The molecule has 4 rings (SSSR count). The summed E-state index contributed by atoms with van der Waals surface area (Å²) in [6.45, 7) is 1.53. The number of thiophene rings is 1. The van der Waals surface area contributed by atoms with Crippen molar-refractivity contribution in [1.29, 1.82) is 0 Å². The molecule has 0 unspecified atom stereocenters. The molecule has 0 aromatic carbocycles. The molecule has 0 radical (unpaired) electrons. The maximum Gasteiger partial charge on any atom is 0.254 e. The van der Waals surface area contributed by atoms with Crippen molar-refractivity contribution >= 4 is 22.8 Å². The van der Waals surface area contributed by atoms with Gasteiger partial charge in [0, 0.05) is 35.9 Å². The van der Waals surface area contributed by atoms with E-state index in [1.165, 1.54) is 10.4 Å². The molecule has 0 bridgehead atoms. The summed E-state index contributed by atoms with van der Waals surface area (Å²) in [6, 6.07) is 7.77. The Morgan fingerprint density at radius 1 is 1.30 bits per heavy atom. The SMILES string of the molecule is O=C(c1ccn2nccc2c1)N1CCc2sccc2C1. The molecule has 3 aromatic rings. The second-order valence-electron chi connectivity index (χ2n) is 4.96. The predicted molar refractivity (Wildman–Crippen MR) is 78.0 cm³/mol. The molecule has 4 nitrogen and oxygen atoms in total. The normalized spacial score (nSPS) is 14.5. The van der Waals surface area contributed by atoms with Gasteiger partial charge in [-0.25, -0.2) is 4.52 Å². The number of amides is 1. The van der Waals surface area contributed by atoms with Crippen LogP contribution in [0.2, 0.25) is 0 Å². The minimum Gasteiger partial charge on any atom is -0.334 e. The van der Waals surface area contributed by atoms with E-state index in [4.69, 9.17) is 0 Å². The van der Waals surface area contributed by atoms with Crippen LogP contribution in [0.25, 0.3) is 5.52 Å². The smallest absolute Gasteiger partial charge is 0.254 e. The summed E-state index contributed by atoms with van der Waals surface area (Å²) in [5, 5.41) is 6.26. The first kappa shape index (κ1) is 11.7. The number of carbonyl (C=O) groups is 1. The molecule has 0 atom stereocenters. The van der Waals surface area contributed by atoms with Gasteiger partial charge in [-0.15, -0.1) is 11.3 Å². The van der Waals surface area contributed by atoms with Crippen LogP contribution in [0.15, 0.2) is 42.0 Å². The van der Waals surface area contributed by atoms with Crippen LogP contribution in [0, 0.1) is 0 Å². The first-order valence-corrected chi connectivity index (χ1v) is 7.47. The summed E-state index contributed by atoms with van der Waals surface area (Å²) in [7, 11) is 0. The number of pyridine rings is 1. The fraction of sp³-hybridized carbons (Fsp3) is 0.200. The summed E-state index contributed by atoms with van der Waals surface area (Å²) >= 11 is 1.79. The largest absolute Gasteiger partial charge is 0.334 e. The fourth-order valence-corrected chi connectivity index (χ4v) is 3.55. The number of fused-ring (bicyclic) bond motifs is 2. The molecule has 4 heterocycles. The van der Waals surface area contributed by atoms with Crippen LogP contribution in [0.5, 0.6) is 0 Å². The van der Waals surface area contributed by atoms with Crippen LogP contribution in [-0.4, -0.2) is 27.0 Å². The highest BCUT2D eigenvalue weighted by atomic mass is 32.1. The van der Waals surface area contributed by atoms with E-state index in [1.807, 2.05) is 29.3 Å². The van der Waals surface area contributed by atoms with Gasteiger partial charge < -0.3 is 4.90 Å². The Hall–Kier alpha value is -2.14. The van der Waals surface area contributed by atoms with Crippen molar-refractivity contribution in [3.63, 3.8) is 0 Å². The lowest BCUT2D eigenvalue weighted by Gasteiger charge is -2.27. The molecule has 0 spiro atoms. The van der Waals surface area contributed by atoms with Gasteiger partial charge in [-0.2, -0.15) is 5.10 Å². The molecule has 20 heavy (non-hydrogen) atoms. The summed E-state index contributed by atoms with van der Waals surface area (Å²) in [5.41, 5.74) is 2.97. The summed E-state index contributed by atoms with van der Waals surface area (Å²) in [5.74, 6) is 0.102. The Bertz CT molecular complexity index is 789. The molecule has 3 aromatic heterocycles. The van der Waals surface area contributed by atoms with Gasteiger partial charge in [0.05, 0.1) is 5.52 Å². The lowest BCUT2D eigenvalue weighted by atomic mass is 10.1. The Balaban J connectivity index is 1.64. The maximum atomic E-state index is 12.6. The topological polar surface area (TPSA) is 37.6 Å². The van der Waals surface area contributed by atoms with Crippen LogP contribution in [0.4, 0.5) is 0 Å². The van der Waals surface area contributed by atoms with Crippen molar-refractivity contribution in [2.75, 3.05) is 6.54 Å². The van der Waals surface area contributed by atoms with E-state index in [0.717, 1.165) is 30.6 Å². The quantitative estimate of drug-likeness (QED) is 0.688. The van der Waals surface area contributed by atoms with Crippen LogP contribution in [0.1, 0.15) is 20.8 Å². The van der Waals surface area contributed by atoms with Crippen LogP contribution in [0.3, 0.4) is 0 Å². The highest BCUT2D eigenvalue weighted by Crippen LogP contribution is 2.25. The lowest BCUT2D eigenvalue weighted by molar-refractivity contribution is 0.0736. The van der Waals surface area contributed by atoms with Crippen LogP contribution in [-0.2, 0) is 13.0 Å². The first-order valence-electron chi connectivity index (χ1n) is 6.59. The van der Waals surface area contributed by atoms with Gasteiger partial charge in [0.25, 0.3) is 5.91 Å². The van der Waals surface area contributed by atoms with Gasteiger partial charge in [-0.1, -0.05) is 0 Å². The minimum atomic E-state index is 0.102. The van der Waals surface area contributed by atoms with E-state index >= 15 is 0 Å². The molecule has 0 aliphatic carbocycles. The van der Waals surface area contributed by atoms with Crippen LogP contribution >= 0.6 is 11.3 Å². The average Bonchev–Trinajstić information content (AvgIpc) is 3.13. The highest BCUT2D eigenvalue weighted by molar-refractivity contribution is 7.10. The second kappa shape index (κ2) is 4.45. The highest BCUT2D eigenvalue weighted by Gasteiger charge is 2.22. The molecule has 1 aliphatic heterocycles. The van der Waals surface area contributed by atoms with Gasteiger partial charge in [0.2, 0.25) is 0 Å². The van der Waals surface area contributed by atoms with Gasteiger partial charge in [-0.05, 0) is 41.6 Å². The number of hydrogen-bond donors (Lipinski definition) is 0. The van der Waals surface area contributed by atoms with E-state index in [1.54, 1.807) is 22.0 Å². The zero-order chi connectivity index (χ0) is 13.5. The molecular weight excluding hydrogens is 270 g/mol. The summed E-state index contributed by atoms with van der Waals surface area (Å²) in [6.07, 6.45) is 4.54. The first-order chi connectivity index (χ1) is 9.81. The second-order valence-corrected chi connectivity index (χ2v) is 5.96. The fourth-order valence-electron chi connectivity index (χ4n) is 2.66. The van der Waals surface area contributed by atoms with E-state index in [2.05, 4.69) is 16.5 Å². The van der Waals surface area contributed by atoms with E-state index in [9.17, 15) is 4.79 Å². The minimum absolute atomic E-state index is 0.102. The number of carbonyl (C=O) groups excluding carboxylic acids is 1. The number of rotatable bonds is 1. The monoisotopic (exact) mass is 283 g/mol. The third kappa shape index (κ3) is 1.82. The third-order valence-corrected chi connectivity index (χ3v) is 4.76. The molecule has 1 amide bonds. The number of aromatic nitrogens is 2. The van der Waals surface area contributed by atoms with Crippen molar-refractivity contribution in [1.82, 2.24) is 14.5 Å². The van der Waals surface area contributed by atoms with Crippen molar-refractivity contribution in [2.24, 2.45) is 0 Å². The number of hydrogen-bond acceptors (Lipinski definition) is 3. The van der Waals surface area contributed by atoms with Gasteiger partial charge in [-0.3, -0.25) is 4.79 Å². The van der Waals surface area contributed by atoms with Crippen molar-refractivity contribution < 1.29 is 4.79 Å². The van der Waals surface area contributed by atoms with Crippen molar-refractivity contribution in [3.8, 4) is 0 Å². The molecule has 0 saturated carbocycles. The molecule has 1 aliphatic rings. The maximum absolute atomic E-state index is 12.6. The summed E-state index contributed by atoms with van der Waals surface area (Å²) in [4.78, 5) is 15.9. The van der Waals surface area contributed by atoms with Crippen molar-refractivity contribution in [2.45, 2.75) is 13.0 Å². The Morgan fingerprint density at radius 3 is 3.20 bits per heavy atom. The molecule has 5 heteroatoms. The van der Waals surface area contributed by atoms with E-state index < -0.39 is 0 Å². The van der Waals surface area contributed by atoms with E-state index in [-0.39, 0.29) is 5.91 Å². The zero-order valence-corrected chi connectivity index (χ0v) is 11.6. The standard InChI is InChI=1S/C15H13N3OS/c19-15(11-2-7-18-13(9-11)1-5-16-18)17-6-3-14-12(10-17)4-8-20-14/h1-2,4-5,7-9H,3,6,10H2. The molecule has 100 valence electrons. The van der Waals surface area contributed by atoms with Gasteiger partial charge >= 0.3 is 0 Å². The molecular formula is C15H13N3OS. The molecule has 0 fully saturated rings. The van der Waals surface area contributed by atoms with Crippen LogP contribution < -0.4 is 0 Å². The Labute approximate surface area is 120 Å². The Morgan fingerprint density at radius 2 is 2.25 bits per heavy atom. The van der Waals surface area contributed by atoms with Gasteiger partial charge in [0.1, 0.15) is 0 Å². The average molecular weight is 283 g/mol. The summed E-state index contributed by atoms with van der Waals surface area (Å²) < 4.78 is 1.77. The molecule has 0 N–H and O–H groups in total. The third-order valence-electron chi connectivity index (χ3n) is 3.74. The van der Waals surface area contributed by atoms with Gasteiger partial charge in [0.15, 0.2) is 0 Å². The Kier molecular flexibility index (Phi) is 2.60.